The van der Waals surface area contributed by atoms with Gasteiger partial charge in [-0.15, -0.1) is 11.3 Å². The summed E-state index contributed by atoms with van der Waals surface area (Å²) in [5.41, 5.74) is 9.37. The molecule has 0 fully saturated rings. The average molecular weight is 250 g/mol. The Morgan fingerprint density at radius 2 is 2.12 bits per heavy atom. The normalized spacial score (nSPS) is 10.5. The van der Waals surface area contributed by atoms with Crippen LogP contribution in [0, 0.1) is 13.8 Å². The van der Waals surface area contributed by atoms with Crippen LogP contribution in [-0.4, -0.2) is 21.6 Å². The molecule has 2 aromatic rings. The van der Waals surface area contributed by atoms with Crippen LogP contribution in [0.4, 0.5) is 5.82 Å². The minimum Gasteiger partial charge on any atom is -0.477 e. The molecular weight excluding hydrogens is 236 g/mol. The summed E-state index contributed by atoms with van der Waals surface area (Å²) in [7, 11) is 0. The lowest BCUT2D eigenvalue weighted by Crippen LogP contribution is -2.06. The molecule has 90 valence electrons. The van der Waals surface area contributed by atoms with Crippen molar-refractivity contribution in [3.8, 4) is 5.88 Å². The Balaban J connectivity index is 1.95. The molecule has 0 aliphatic rings. The topological polar surface area (TPSA) is 73.9 Å². The zero-order valence-electron chi connectivity index (χ0n) is 9.80. The van der Waals surface area contributed by atoms with Gasteiger partial charge < -0.3 is 10.5 Å². The summed E-state index contributed by atoms with van der Waals surface area (Å²) < 4.78 is 5.59. The number of aromatic nitrogens is 3. The van der Waals surface area contributed by atoms with E-state index in [0.717, 1.165) is 17.7 Å². The molecule has 2 heterocycles. The fourth-order valence-corrected chi connectivity index (χ4v) is 2.16. The molecule has 0 atom stereocenters. The lowest BCUT2D eigenvalue weighted by molar-refractivity contribution is 0.307. The lowest BCUT2D eigenvalue weighted by Gasteiger charge is -2.08. The maximum atomic E-state index is 5.67. The van der Waals surface area contributed by atoms with Crippen LogP contribution in [0.2, 0.25) is 0 Å². The minimum absolute atomic E-state index is 0.462. The van der Waals surface area contributed by atoms with Gasteiger partial charge in [0.2, 0.25) is 5.88 Å². The van der Waals surface area contributed by atoms with Crippen molar-refractivity contribution in [2.24, 2.45) is 0 Å². The Kier molecular flexibility index (Phi) is 3.53. The molecule has 2 rings (SSSR count). The zero-order valence-corrected chi connectivity index (χ0v) is 10.6. The van der Waals surface area contributed by atoms with Gasteiger partial charge in [-0.1, -0.05) is 0 Å². The third-order valence-corrected chi connectivity index (χ3v) is 3.48. The zero-order chi connectivity index (χ0) is 12.3. The Labute approximate surface area is 104 Å². The van der Waals surface area contributed by atoms with Crippen molar-refractivity contribution in [1.29, 1.82) is 0 Å². The smallest absolute Gasteiger partial charge is 0.221 e. The Morgan fingerprint density at radius 1 is 1.29 bits per heavy atom. The number of rotatable bonds is 4. The first-order chi connectivity index (χ1) is 8.18. The van der Waals surface area contributed by atoms with Crippen LogP contribution in [0.15, 0.2) is 11.8 Å². The highest BCUT2D eigenvalue weighted by atomic mass is 32.1. The van der Waals surface area contributed by atoms with Crippen molar-refractivity contribution >= 4 is 17.2 Å². The van der Waals surface area contributed by atoms with Gasteiger partial charge in [0.05, 0.1) is 23.4 Å². The summed E-state index contributed by atoms with van der Waals surface area (Å²) in [5, 5.41) is 0. The van der Waals surface area contributed by atoms with Crippen molar-refractivity contribution in [2.45, 2.75) is 20.3 Å². The van der Waals surface area contributed by atoms with Crippen molar-refractivity contribution in [1.82, 2.24) is 15.0 Å². The second-order valence-corrected chi connectivity index (χ2v) is 4.59. The van der Waals surface area contributed by atoms with Crippen molar-refractivity contribution < 1.29 is 4.74 Å². The van der Waals surface area contributed by atoms with Gasteiger partial charge >= 0.3 is 0 Å². The van der Waals surface area contributed by atoms with E-state index in [1.807, 2.05) is 19.4 Å². The van der Waals surface area contributed by atoms with Crippen molar-refractivity contribution in [2.75, 3.05) is 12.3 Å². The third kappa shape index (κ3) is 2.71. The summed E-state index contributed by atoms with van der Waals surface area (Å²) in [6.45, 7) is 4.42. The van der Waals surface area contributed by atoms with E-state index >= 15 is 0 Å². The second kappa shape index (κ2) is 5.09. The summed E-state index contributed by atoms with van der Waals surface area (Å²) in [5.74, 6) is 1.02. The SMILES string of the molecule is Cc1ncsc1CCOc1ncnc(N)c1C. The van der Waals surface area contributed by atoms with E-state index in [9.17, 15) is 0 Å². The molecule has 0 aromatic carbocycles. The predicted octanol–water partition coefficient (Wildman–Crippen LogP) is 1.75. The van der Waals surface area contributed by atoms with Crippen LogP contribution in [0.1, 0.15) is 16.1 Å². The molecule has 17 heavy (non-hydrogen) atoms. The van der Waals surface area contributed by atoms with E-state index in [4.69, 9.17) is 10.5 Å². The molecule has 0 unspecified atom stereocenters. The van der Waals surface area contributed by atoms with Gasteiger partial charge in [0.25, 0.3) is 0 Å². The van der Waals surface area contributed by atoms with Crippen LogP contribution in [0.25, 0.3) is 0 Å². The molecule has 0 spiro atoms. The highest BCUT2D eigenvalue weighted by molar-refractivity contribution is 7.09. The standard InChI is InChI=1S/C11H14N4OS/c1-7-10(12)13-5-14-11(7)16-4-3-9-8(2)15-6-17-9/h5-6H,3-4H2,1-2H3,(H2,12,13,14). The summed E-state index contributed by atoms with van der Waals surface area (Å²) in [6, 6.07) is 0. The van der Waals surface area contributed by atoms with Crippen molar-refractivity contribution in [3.05, 3.63) is 28.0 Å². The number of nitrogens with zero attached hydrogens (tertiary/aromatic N) is 3. The Hall–Kier alpha value is -1.69. The quantitative estimate of drug-likeness (QED) is 0.895. The lowest BCUT2D eigenvalue weighted by atomic mass is 10.3. The maximum Gasteiger partial charge on any atom is 0.221 e. The summed E-state index contributed by atoms with van der Waals surface area (Å²) in [4.78, 5) is 13.4. The Bertz CT molecular complexity index is 512. The van der Waals surface area contributed by atoms with Gasteiger partial charge in [0, 0.05) is 11.3 Å². The van der Waals surface area contributed by atoms with Gasteiger partial charge in [-0.05, 0) is 13.8 Å². The number of aryl methyl sites for hydroxylation is 1. The van der Waals surface area contributed by atoms with Gasteiger partial charge in [-0.3, -0.25) is 0 Å². The van der Waals surface area contributed by atoms with Crippen LogP contribution >= 0.6 is 11.3 Å². The first-order valence-electron chi connectivity index (χ1n) is 5.27. The van der Waals surface area contributed by atoms with Crippen LogP contribution < -0.4 is 10.5 Å². The molecule has 5 nitrogen and oxygen atoms in total. The van der Waals surface area contributed by atoms with E-state index in [2.05, 4.69) is 15.0 Å². The van der Waals surface area contributed by atoms with Gasteiger partial charge in [-0.2, -0.15) is 0 Å². The van der Waals surface area contributed by atoms with E-state index in [-0.39, 0.29) is 0 Å². The molecule has 0 saturated heterocycles. The summed E-state index contributed by atoms with van der Waals surface area (Å²) in [6.07, 6.45) is 2.25. The number of nitrogens with two attached hydrogens (primary N) is 1. The maximum absolute atomic E-state index is 5.67. The fraction of sp³-hybridized carbons (Fsp3) is 0.364. The molecule has 6 heteroatoms. The highest BCUT2D eigenvalue weighted by Crippen LogP contribution is 2.18. The van der Waals surface area contributed by atoms with E-state index in [0.29, 0.717) is 18.3 Å². The monoisotopic (exact) mass is 250 g/mol. The molecular formula is C11H14N4OS. The number of anilines is 1. The number of thiazole rings is 1. The largest absolute Gasteiger partial charge is 0.477 e. The molecule has 0 aliphatic heterocycles. The molecule has 0 bridgehead atoms. The molecule has 2 N–H and O–H groups in total. The number of ether oxygens (including phenoxy) is 1. The average Bonchev–Trinajstić information content (AvgIpc) is 2.71. The van der Waals surface area contributed by atoms with Crippen LogP contribution in [-0.2, 0) is 6.42 Å². The number of hydrogen-bond donors (Lipinski definition) is 1. The first kappa shape index (κ1) is 11.8. The number of nitrogen functional groups attached to an aromatic ring is 1. The van der Waals surface area contributed by atoms with Gasteiger partial charge in [0.1, 0.15) is 12.1 Å². The predicted molar refractivity (Wildman–Crippen MR) is 67.2 cm³/mol. The van der Waals surface area contributed by atoms with Crippen LogP contribution in [0.3, 0.4) is 0 Å². The Morgan fingerprint density at radius 3 is 2.82 bits per heavy atom. The van der Waals surface area contributed by atoms with Gasteiger partial charge in [-0.25, -0.2) is 15.0 Å². The fourth-order valence-electron chi connectivity index (χ4n) is 1.40. The molecule has 0 amide bonds. The van der Waals surface area contributed by atoms with E-state index < -0.39 is 0 Å². The molecule has 2 aromatic heterocycles. The first-order valence-corrected chi connectivity index (χ1v) is 6.15. The molecule has 0 aliphatic carbocycles. The second-order valence-electron chi connectivity index (χ2n) is 3.65. The van der Waals surface area contributed by atoms with Crippen molar-refractivity contribution in [3.63, 3.8) is 0 Å². The van der Waals surface area contributed by atoms with E-state index in [1.54, 1.807) is 11.3 Å². The molecule has 0 radical (unpaired) electrons. The van der Waals surface area contributed by atoms with E-state index in [1.165, 1.54) is 11.2 Å². The minimum atomic E-state index is 0.462. The summed E-state index contributed by atoms with van der Waals surface area (Å²) >= 11 is 1.64. The number of hydrogen-bond acceptors (Lipinski definition) is 6. The molecule has 0 saturated carbocycles. The van der Waals surface area contributed by atoms with Gasteiger partial charge in [0.15, 0.2) is 0 Å². The third-order valence-electron chi connectivity index (χ3n) is 2.49. The highest BCUT2D eigenvalue weighted by Gasteiger charge is 2.06. The van der Waals surface area contributed by atoms with Crippen LogP contribution in [0.5, 0.6) is 5.88 Å².